The summed E-state index contributed by atoms with van der Waals surface area (Å²) in [5.41, 5.74) is 0. The second-order valence-electron chi connectivity index (χ2n) is 0.626. The van der Waals surface area contributed by atoms with Crippen LogP contribution in [0.2, 0.25) is 0 Å². The van der Waals surface area contributed by atoms with E-state index in [1.807, 2.05) is 0 Å². The fraction of sp³-hybridized carbons (Fsp3) is 0.500. The molecule has 0 saturated carbocycles. The molecule has 3 nitrogen and oxygen atoms in total. The molecule has 0 N–H and O–H groups in total. The van der Waals surface area contributed by atoms with Crippen molar-refractivity contribution in [1.29, 1.82) is 0 Å². The Labute approximate surface area is 39.9 Å². The normalized spacial score (nSPS) is 8.17. The van der Waals surface area contributed by atoms with Crippen LogP contribution >= 0.6 is 11.8 Å². The van der Waals surface area contributed by atoms with E-state index in [1.165, 1.54) is 0 Å². The van der Waals surface area contributed by atoms with E-state index in [0.717, 1.165) is 17.6 Å². The second-order valence-corrected chi connectivity index (χ2v) is 1.31. The van der Waals surface area contributed by atoms with Gasteiger partial charge in [0.2, 0.25) is 0 Å². The maximum Gasteiger partial charge on any atom is 0.333 e. The maximum absolute atomic E-state index is 9.33. The van der Waals surface area contributed by atoms with Crippen molar-refractivity contribution in [3.63, 3.8) is 0 Å². The molecule has 0 saturated heterocycles. The third-order valence-electron chi connectivity index (χ3n) is 0.191. The average molecular weight is 106 g/mol. The molecule has 0 atom stereocenters. The zero-order valence-corrected chi connectivity index (χ0v) is 4.07. The topological polar surface area (TPSA) is 43.1 Å². The van der Waals surface area contributed by atoms with Crippen molar-refractivity contribution in [3.05, 3.63) is 16.0 Å². The van der Waals surface area contributed by atoms with E-state index in [4.69, 9.17) is 0 Å². The fourth-order valence-electron chi connectivity index (χ4n) is 0.0861. The standard InChI is InChI=1S/C2H4NO2S/c1-6-2-3(4)5/h2H,1H3. The minimum Gasteiger partial charge on any atom is -0.263 e. The highest BCUT2D eigenvalue weighted by atomic mass is 32.2. The molecule has 0 aliphatic heterocycles. The SMILES string of the molecule is CS[CH][N+](=O)[O-]. The number of rotatable bonds is 2. The van der Waals surface area contributed by atoms with Gasteiger partial charge in [0.05, 0.1) is 0 Å². The molecular formula is C2H4NO2S. The molecule has 4 heteroatoms. The van der Waals surface area contributed by atoms with Crippen LogP contribution in [0.15, 0.2) is 0 Å². The zero-order chi connectivity index (χ0) is 4.99. The van der Waals surface area contributed by atoms with Gasteiger partial charge in [-0.3, -0.25) is 10.1 Å². The maximum atomic E-state index is 9.33. The quantitative estimate of drug-likeness (QED) is 0.385. The highest BCUT2D eigenvalue weighted by Gasteiger charge is 1.89. The van der Waals surface area contributed by atoms with Crippen molar-refractivity contribution in [3.8, 4) is 0 Å². The van der Waals surface area contributed by atoms with Crippen molar-refractivity contribution in [2.24, 2.45) is 0 Å². The van der Waals surface area contributed by atoms with Gasteiger partial charge in [0.25, 0.3) is 0 Å². The third-order valence-corrected chi connectivity index (χ3v) is 0.574. The first-order chi connectivity index (χ1) is 2.77. The van der Waals surface area contributed by atoms with Gasteiger partial charge in [0, 0.05) is 4.92 Å². The highest BCUT2D eigenvalue weighted by molar-refractivity contribution is 8.00. The molecule has 0 aliphatic carbocycles. The summed E-state index contributed by atoms with van der Waals surface area (Å²) in [4.78, 5) is 8.85. The summed E-state index contributed by atoms with van der Waals surface area (Å²) in [5.74, 6) is 0.931. The van der Waals surface area contributed by atoms with Crippen LogP contribution in [0.3, 0.4) is 0 Å². The van der Waals surface area contributed by atoms with Gasteiger partial charge in [0.1, 0.15) is 0 Å². The summed E-state index contributed by atoms with van der Waals surface area (Å²) >= 11 is 1.09. The lowest BCUT2D eigenvalue weighted by Crippen LogP contribution is -1.85. The Balaban J connectivity index is 2.83. The Morgan fingerprint density at radius 2 is 2.50 bits per heavy atom. The molecule has 0 unspecified atom stereocenters. The summed E-state index contributed by atoms with van der Waals surface area (Å²) < 4.78 is 0. The zero-order valence-electron chi connectivity index (χ0n) is 3.25. The molecule has 1 radical (unpaired) electrons. The van der Waals surface area contributed by atoms with Crippen LogP contribution in [0.1, 0.15) is 0 Å². The van der Waals surface area contributed by atoms with Gasteiger partial charge in [-0.15, -0.1) is 0 Å². The highest BCUT2D eigenvalue weighted by Crippen LogP contribution is 1.95. The Kier molecular flexibility index (Phi) is 2.84. The molecule has 0 rings (SSSR count). The molecule has 0 aromatic carbocycles. The first kappa shape index (κ1) is 5.75. The largest absolute Gasteiger partial charge is 0.333 e. The lowest BCUT2D eigenvalue weighted by Gasteiger charge is -1.77. The van der Waals surface area contributed by atoms with Gasteiger partial charge >= 0.3 is 5.88 Å². The van der Waals surface area contributed by atoms with Crippen molar-refractivity contribution in [2.45, 2.75) is 0 Å². The molecule has 0 aromatic rings. The minimum atomic E-state index is -0.481. The monoisotopic (exact) mass is 106 g/mol. The van der Waals surface area contributed by atoms with E-state index >= 15 is 0 Å². The van der Waals surface area contributed by atoms with Crippen molar-refractivity contribution < 1.29 is 4.92 Å². The Morgan fingerprint density at radius 3 is 2.50 bits per heavy atom. The minimum absolute atomic E-state index is 0.481. The molecule has 0 aromatic heterocycles. The summed E-state index contributed by atoms with van der Waals surface area (Å²) in [7, 11) is 0. The Bertz CT molecular complexity index is 55.5. The lowest BCUT2D eigenvalue weighted by molar-refractivity contribution is -0.419. The molecule has 0 fully saturated rings. The number of hydrogen-bond donors (Lipinski definition) is 0. The van der Waals surface area contributed by atoms with Gasteiger partial charge in [-0.05, 0) is 6.26 Å². The van der Waals surface area contributed by atoms with Crippen LogP contribution in [-0.4, -0.2) is 11.2 Å². The molecule has 0 aliphatic rings. The number of hydrogen-bond acceptors (Lipinski definition) is 3. The third kappa shape index (κ3) is 3.75. The van der Waals surface area contributed by atoms with E-state index in [1.54, 1.807) is 6.26 Å². The number of thioether (sulfide) groups is 1. The predicted octanol–water partition coefficient (Wildman–Crippen LogP) is 0.745. The number of nitro groups is 1. The second kappa shape index (κ2) is 2.96. The van der Waals surface area contributed by atoms with Gasteiger partial charge in [-0.2, -0.15) is 0 Å². The van der Waals surface area contributed by atoms with Crippen molar-refractivity contribution >= 4 is 11.8 Å². The van der Waals surface area contributed by atoms with Gasteiger partial charge < -0.3 is 0 Å². The Hall–Kier alpha value is -0.250. The first-order valence-corrected chi connectivity index (χ1v) is 2.56. The van der Waals surface area contributed by atoms with E-state index < -0.39 is 4.92 Å². The van der Waals surface area contributed by atoms with Crippen LogP contribution in [0.4, 0.5) is 0 Å². The summed E-state index contributed by atoms with van der Waals surface area (Å²) in [6, 6.07) is 0. The molecule has 6 heavy (non-hydrogen) atoms. The van der Waals surface area contributed by atoms with Gasteiger partial charge in [-0.25, -0.2) is 0 Å². The lowest BCUT2D eigenvalue weighted by atomic mass is 11.5. The molecule has 35 valence electrons. The first-order valence-electron chi connectivity index (χ1n) is 1.27. The Morgan fingerprint density at radius 1 is 2.00 bits per heavy atom. The van der Waals surface area contributed by atoms with Crippen LogP contribution < -0.4 is 0 Å². The van der Waals surface area contributed by atoms with E-state index in [2.05, 4.69) is 0 Å². The van der Waals surface area contributed by atoms with E-state index in [9.17, 15) is 10.1 Å². The van der Waals surface area contributed by atoms with Crippen molar-refractivity contribution in [2.75, 3.05) is 6.26 Å². The molecular weight excluding hydrogens is 102 g/mol. The van der Waals surface area contributed by atoms with Crippen molar-refractivity contribution in [1.82, 2.24) is 0 Å². The average Bonchev–Trinajstić information content (AvgIpc) is 1.35. The smallest absolute Gasteiger partial charge is 0.263 e. The fourth-order valence-corrected chi connectivity index (χ4v) is 0.258. The summed E-state index contributed by atoms with van der Waals surface area (Å²) in [6.45, 7) is 0. The van der Waals surface area contributed by atoms with Gasteiger partial charge in [-0.1, -0.05) is 11.8 Å². The molecule has 0 amide bonds. The molecule has 0 bridgehead atoms. The molecule has 0 heterocycles. The summed E-state index contributed by atoms with van der Waals surface area (Å²) in [6.07, 6.45) is 1.64. The predicted molar refractivity (Wildman–Crippen MR) is 24.8 cm³/mol. The number of nitrogens with zero attached hydrogens (tertiary/aromatic N) is 1. The molecule has 0 spiro atoms. The van der Waals surface area contributed by atoms with E-state index in [-0.39, 0.29) is 0 Å². The van der Waals surface area contributed by atoms with Crippen LogP contribution in [0.25, 0.3) is 0 Å². The van der Waals surface area contributed by atoms with Crippen LogP contribution in [0.5, 0.6) is 0 Å². The van der Waals surface area contributed by atoms with Crippen LogP contribution in [-0.2, 0) is 0 Å². The summed E-state index contributed by atoms with van der Waals surface area (Å²) in [5, 5.41) is 9.33. The van der Waals surface area contributed by atoms with Crippen LogP contribution in [0, 0.1) is 16.0 Å². The van der Waals surface area contributed by atoms with E-state index in [0.29, 0.717) is 0 Å². The van der Waals surface area contributed by atoms with Gasteiger partial charge in [0.15, 0.2) is 0 Å².